The fraction of sp³-hybridized carbons (Fsp3) is 0.833. The number of carbonyl (C=O) groups is 2. The van der Waals surface area contributed by atoms with E-state index >= 15 is 0 Å². The molecule has 2 aliphatic carbocycles. The Bertz CT molecular complexity index is 293. The van der Waals surface area contributed by atoms with Crippen LogP contribution in [0.4, 0.5) is 0 Å². The lowest BCUT2D eigenvalue weighted by Gasteiger charge is -2.17. The molecular formula is C12H19NO3. The molecule has 0 spiro atoms. The van der Waals surface area contributed by atoms with Gasteiger partial charge in [0.1, 0.15) is 0 Å². The smallest absolute Gasteiger partial charge is 0.303 e. The molecule has 0 aromatic carbocycles. The van der Waals surface area contributed by atoms with Gasteiger partial charge in [-0.15, -0.1) is 0 Å². The Kier molecular flexibility index (Phi) is 3.17. The molecule has 1 N–H and O–H groups in total. The Balaban J connectivity index is 1.71. The van der Waals surface area contributed by atoms with Crippen molar-refractivity contribution in [1.29, 1.82) is 0 Å². The normalized spacial score (nSPS) is 30.9. The number of nitrogens with zero attached hydrogens (tertiary/aromatic N) is 1. The van der Waals surface area contributed by atoms with Gasteiger partial charge in [-0.25, -0.2) is 0 Å². The number of carboxylic acids is 1. The average Bonchev–Trinajstić information content (AvgIpc) is 2.69. The highest BCUT2D eigenvalue weighted by Gasteiger charge is 2.57. The van der Waals surface area contributed by atoms with Crippen molar-refractivity contribution in [2.75, 3.05) is 13.6 Å². The van der Waals surface area contributed by atoms with E-state index in [9.17, 15) is 9.59 Å². The van der Waals surface area contributed by atoms with E-state index in [4.69, 9.17) is 5.11 Å². The summed E-state index contributed by atoms with van der Waals surface area (Å²) >= 11 is 0. The van der Waals surface area contributed by atoms with Crippen molar-refractivity contribution in [3.63, 3.8) is 0 Å². The number of hydrogen-bond donors (Lipinski definition) is 1. The van der Waals surface area contributed by atoms with Gasteiger partial charge in [0, 0.05) is 25.9 Å². The third-order valence-corrected chi connectivity index (χ3v) is 3.95. The van der Waals surface area contributed by atoms with Crippen molar-refractivity contribution < 1.29 is 14.7 Å². The lowest BCUT2D eigenvalue weighted by molar-refractivity contribution is -0.138. The third kappa shape index (κ3) is 2.20. The van der Waals surface area contributed by atoms with Crippen LogP contribution in [-0.4, -0.2) is 35.5 Å². The van der Waals surface area contributed by atoms with Crippen molar-refractivity contribution in [3.05, 3.63) is 0 Å². The quantitative estimate of drug-likeness (QED) is 0.768. The minimum Gasteiger partial charge on any atom is -0.481 e. The topological polar surface area (TPSA) is 57.6 Å². The molecule has 0 bridgehead atoms. The Morgan fingerprint density at radius 2 is 1.94 bits per heavy atom. The molecule has 2 rings (SSSR count). The summed E-state index contributed by atoms with van der Waals surface area (Å²) in [7, 11) is 1.79. The van der Waals surface area contributed by atoms with Crippen LogP contribution in [0.3, 0.4) is 0 Å². The number of carboxylic acid groups (broad SMARTS) is 1. The first-order chi connectivity index (χ1) is 7.61. The summed E-state index contributed by atoms with van der Waals surface area (Å²) in [6.45, 7) is 0.571. The fourth-order valence-corrected chi connectivity index (χ4v) is 3.02. The minimum absolute atomic E-state index is 0.148. The molecule has 0 saturated heterocycles. The molecule has 90 valence electrons. The summed E-state index contributed by atoms with van der Waals surface area (Å²) < 4.78 is 0. The highest BCUT2D eigenvalue weighted by molar-refractivity contribution is 5.82. The van der Waals surface area contributed by atoms with Crippen LogP contribution in [0.1, 0.15) is 32.1 Å². The van der Waals surface area contributed by atoms with Crippen LogP contribution >= 0.6 is 0 Å². The summed E-state index contributed by atoms with van der Waals surface area (Å²) in [5, 5.41) is 8.51. The predicted octanol–water partition coefficient (Wildman–Crippen LogP) is 1.36. The molecule has 2 fully saturated rings. The molecule has 4 nitrogen and oxygen atoms in total. The van der Waals surface area contributed by atoms with Gasteiger partial charge >= 0.3 is 5.97 Å². The lowest BCUT2D eigenvalue weighted by Crippen LogP contribution is -2.30. The standard InChI is InChI=1S/C12H19NO3/c1-13(7-3-6-10(14)15)12(16)11-8-4-2-5-9(8)11/h8-9,11H,2-7H2,1H3,(H,14,15)/t8-,9+,11?. The fourth-order valence-electron chi connectivity index (χ4n) is 3.02. The highest BCUT2D eigenvalue weighted by atomic mass is 16.4. The third-order valence-electron chi connectivity index (χ3n) is 3.95. The van der Waals surface area contributed by atoms with Crippen LogP contribution in [0.25, 0.3) is 0 Å². The van der Waals surface area contributed by atoms with Crippen molar-refractivity contribution in [1.82, 2.24) is 4.90 Å². The van der Waals surface area contributed by atoms with Gasteiger partial charge in [0.25, 0.3) is 0 Å². The first kappa shape index (κ1) is 11.4. The number of rotatable bonds is 5. The molecule has 2 aliphatic rings. The summed E-state index contributed by atoms with van der Waals surface area (Å²) in [6.07, 6.45) is 4.41. The van der Waals surface area contributed by atoms with E-state index < -0.39 is 5.97 Å². The Morgan fingerprint density at radius 3 is 2.50 bits per heavy atom. The predicted molar refractivity (Wildman–Crippen MR) is 58.8 cm³/mol. The molecule has 3 atom stereocenters. The zero-order chi connectivity index (χ0) is 11.7. The molecule has 4 heteroatoms. The van der Waals surface area contributed by atoms with Crippen LogP contribution in [0, 0.1) is 17.8 Å². The van der Waals surface area contributed by atoms with Crippen LogP contribution in [0.15, 0.2) is 0 Å². The van der Waals surface area contributed by atoms with E-state index in [-0.39, 0.29) is 18.2 Å². The van der Waals surface area contributed by atoms with Gasteiger partial charge in [0.15, 0.2) is 0 Å². The molecular weight excluding hydrogens is 206 g/mol. The average molecular weight is 225 g/mol. The molecule has 0 aromatic rings. The first-order valence-electron chi connectivity index (χ1n) is 6.08. The van der Waals surface area contributed by atoms with Crippen molar-refractivity contribution in [2.45, 2.75) is 32.1 Å². The van der Waals surface area contributed by atoms with Crippen LogP contribution < -0.4 is 0 Å². The summed E-state index contributed by atoms with van der Waals surface area (Å²) in [5.41, 5.74) is 0. The van der Waals surface area contributed by atoms with Crippen LogP contribution in [0.5, 0.6) is 0 Å². The molecule has 1 amide bonds. The Labute approximate surface area is 95.6 Å². The molecule has 0 aromatic heterocycles. The van der Waals surface area contributed by atoms with E-state index in [2.05, 4.69) is 0 Å². The molecule has 2 saturated carbocycles. The number of amides is 1. The minimum atomic E-state index is -0.788. The van der Waals surface area contributed by atoms with Gasteiger partial charge in [-0.3, -0.25) is 9.59 Å². The zero-order valence-electron chi connectivity index (χ0n) is 9.69. The monoisotopic (exact) mass is 225 g/mol. The molecule has 16 heavy (non-hydrogen) atoms. The maximum Gasteiger partial charge on any atom is 0.303 e. The van der Waals surface area contributed by atoms with Gasteiger partial charge in [-0.1, -0.05) is 6.42 Å². The second kappa shape index (κ2) is 4.44. The number of aliphatic carboxylic acids is 1. The van der Waals surface area contributed by atoms with Gasteiger partial charge in [0.05, 0.1) is 0 Å². The number of carbonyl (C=O) groups excluding carboxylic acids is 1. The summed E-state index contributed by atoms with van der Waals surface area (Å²) in [4.78, 5) is 24.0. The van der Waals surface area contributed by atoms with Gasteiger partial charge < -0.3 is 10.0 Å². The maximum absolute atomic E-state index is 12.0. The van der Waals surface area contributed by atoms with E-state index in [1.165, 1.54) is 19.3 Å². The lowest BCUT2D eigenvalue weighted by atomic mass is 10.1. The number of hydrogen-bond acceptors (Lipinski definition) is 2. The Hall–Kier alpha value is -1.06. The van der Waals surface area contributed by atoms with E-state index in [1.807, 2.05) is 0 Å². The highest BCUT2D eigenvalue weighted by Crippen LogP contribution is 2.57. The van der Waals surface area contributed by atoms with E-state index in [1.54, 1.807) is 11.9 Å². The summed E-state index contributed by atoms with van der Waals surface area (Å²) in [5.74, 6) is 1.01. The molecule has 0 radical (unpaired) electrons. The van der Waals surface area contributed by atoms with Crippen LogP contribution in [-0.2, 0) is 9.59 Å². The van der Waals surface area contributed by atoms with Crippen molar-refractivity contribution in [2.24, 2.45) is 17.8 Å². The van der Waals surface area contributed by atoms with Crippen LogP contribution in [0.2, 0.25) is 0 Å². The second-order valence-corrected chi connectivity index (χ2v) is 5.04. The second-order valence-electron chi connectivity index (χ2n) is 5.04. The van der Waals surface area contributed by atoms with Crippen molar-refractivity contribution >= 4 is 11.9 Å². The molecule has 1 unspecified atom stereocenters. The van der Waals surface area contributed by atoms with E-state index in [0.717, 1.165) is 0 Å². The van der Waals surface area contributed by atoms with Crippen molar-refractivity contribution in [3.8, 4) is 0 Å². The van der Waals surface area contributed by atoms with Gasteiger partial charge in [-0.05, 0) is 31.1 Å². The SMILES string of the molecule is CN(CCCC(=O)O)C(=O)C1[C@H]2CCC[C@@H]12. The van der Waals surface area contributed by atoms with Gasteiger partial charge in [-0.2, -0.15) is 0 Å². The Morgan fingerprint density at radius 1 is 1.31 bits per heavy atom. The maximum atomic E-state index is 12.0. The zero-order valence-corrected chi connectivity index (χ0v) is 9.69. The molecule has 0 heterocycles. The molecule has 0 aliphatic heterocycles. The van der Waals surface area contributed by atoms with Gasteiger partial charge in [0.2, 0.25) is 5.91 Å². The summed E-state index contributed by atoms with van der Waals surface area (Å²) in [6, 6.07) is 0. The number of fused-ring (bicyclic) bond motifs is 1. The first-order valence-corrected chi connectivity index (χ1v) is 6.08. The van der Waals surface area contributed by atoms with E-state index in [0.29, 0.717) is 24.8 Å². The largest absolute Gasteiger partial charge is 0.481 e.